The standard InChI is InChI=1S/C17H18N6O2/c1-25-16-5-4-13(11-19-16)21-7-9-22(10-8-21)17(24)14-12-18-15-3-2-6-20-23(14)15/h2-6,11-12H,7-10H2,1H3. The molecule has 128 valence electrons. The van der Waals surface area contributed by atoms with Crippen LogP contribution in [0.5, 0.6) is 5.88 Å². The molecule has 0 aliphatic carbocycles. The summed E-state index contributed by atoms with van der Waals surface area (Å²) in [4.78, 5) is 25.3. The lowest BCUT2D eigenvalue weighted by Gasteiger charge is -2.35. The van der Waals surface area contributed by atoms with E-state index in [4.69, 9.17) is 4.74 Å². The maximum Gasteiger partial charge on any atom is 0.274 e. The topological polar surface area (TPSA) is 75.9 Å². The first kappa shape index (κ1) is 15.4. The van der Waals surface area contributed by atoms with Gasteiger partial charge in [-0.25, -0.2) is 14.5 Å². The highest BCUT2D eigenvalue weighted by molar-refractivity contribution is 5.93. The molecular weight excluding hydrogens is 320 g/mol. The molecule has 3 aromatic heterocycles. The first-order valence-electron chi connectivity index (χ1n) is 8.09. The van der Waals surface area contributed by atoms with Gasteiger partial charge in [0, 0.05) is 38.4 Å². The molecule has 4 rings (SSSR count). The number of nitrogens with zero attached hydrogens (tertiary/aromatic N) is 6. The summed E-state index contributed by atoms with van der Waals surface area (Å²) in [6, 6.07) is 7.46. The zero-order valence-corrected chi connectivity index (χ0v) is 13.9. The number of piperazine rings is 1. The van der Waals surface area contributed by atoms with Gasteiger partial charge in [0.15, 0.2) is 11.3 Å². The fraction of sp³-hybridized carbons (Fsp3) is 0.294. The van der Waals surface area contributed by atoms with Crippen molar-refractivity contribution in [3.05, 3.63) is 48.5 Å². The van der Waals surface area contributed by atoms with E-state index in [0.717, 1.165) is 18.8 Å². The van der Waals surface area contributed by atoms with Crippen LogP contribution in [0.4, 0.5) is 5.69 Å². The lowest BCUT2D eigenvalue weighted by Crippen LogP contribution is -2.49. The van der Waals surface area contributed by atoms with E-state index >= 15 is 0 Å². The molecule has 0 N–H and O–H groups in total. The van der Waals surface area contributed by atoms with Crippen LogP contribution in [-0.4, -0.2) is 63.7 Å². The van der Waals surface area contributed by atoms with E-state index in [1.165, 1.54) is 0 Å². The Labute approximate surface area is 144 Å². The van der Waals surface area contributed by atoms with E-state index < -0.39 is 0 Å². The molecule has 1 saturated heterocycles. The third kappa shape index (κ3) is 2.86. The number of hydrogen-bond donors (Lipinski definition) is 0. The third-order valence-electron chi connectivity index (χ3n) is 4.36. The second-order valence-electron chi connectivity index (χ2n) is 5.78. The molecule has 25 heavy (non-hydrogen) atoms. The summed E-state index contributed by atoms with van der Waals surface area (Å²) in [6.45, 7) is 2.80. The molecular formula is C17H18N6O2. The van der Waals surface area contributed by atoms with Crippen molar-refractivity contribution in [1.82, 2.24) is 24.5 Å². The molecule has 0 atom stereocenters. The number of aromatic nitrogens is 4. The van der Waals surface area contributed by atoms with Crippen LogP contribution in [0.2, 0.25) is 0 Å². The Kier molecular flexibility index (Phi) is 3.93. The summed E-state index contributed by atoms with van der Waals surface area (Å²) in [7, 11) is 1.60. The van der Waals surface area contributed by atoms with Gasteiger partial charge in [0.05, 0.1) is 25.2 Å². The Hall–Kier alpha value is -3.16. The Morgan fingerprint density at radius 2 is 1.92 bits per heavy atom. The van der Waals surface area contributed by atoms with E-state index in [1.807, 2.05) is 23.1 Å². The van der Waals surface area contributed by atoms with Crippen LogP contribution >= 0.6 is 0 Å². The number of methoxy groups -OCH3 is 1. The zero-order chi connectivity index (χ0) is 17.2. The van der Waals surface area contributed by atoms with Gasteiger partial charge in [0.25, 0.3) is 5.91 Å². The number of ether oxygens (including phenoxy) is 1. The van der Waals surface area contributed by atoms with Gasteiger partial charge in [-0.2, -0.15) is 5.10 Å². The maximum absolute atomic E-state index is 12.8. The third-order valence-corrected chi connectivity index (χ3v) is 4.36. The highest BCUT2D eigenvalue weighted by Crippen LogP contribution is 2.19. The summed E-state index contributed by atoms with van der Waals surface area (Å²) >= 11 is 0. The van der Waals surface area contributed by atoms with Gasteiger partial charge < -0.3 is 14.5 Å². The molecule has 0 bridgehead atoms. The van der Waals surface area contributed by atoms with E-state index in [9.17, 15) is 4.79 Å². The van der Waals surface area contributed by atoms with Gasteiger partial charge in [-0.3, -0.25) is 4.79 Å². The summed E-state index contributed by atoms with van der Waals surface area (Å²) in [5.74, 6) is 0.552. The molecule has 3 aromatic rings. The van der Waals surface area contributed by atoms with Crippen molar-refractivity contribution in [3.8, 4) is 5.88 Å². The second-order valence-corrected chi connectivity index (χ2v) is 5.78. The van der Waals surface area contributed by atoms with Gasteiger partial charge in [-0.1, -0.05) is 0 Å². The minimum absolute atomic E-state index is 0.0429. The highest BCUT2D eigenvalue weighted by atomic mass is 16.5. The smallest absolute Gasteiger partial charge is 0.274 e. The highest BCUT2D eigenvalue weighted by Gasteiger charge is 2.25. The monoisotopic (exact) mass is 338 g/mol. The van der Waals surface area contributed by atoms with Crippen molar-refractivity contribution in [2.24, 2.45) is 0 Å². The van der Waals surface area contributed by atoms with Gasteiger partial charge in [0.1, 0.15) is 0 Å². The lowest BCUT2D eigenvalue weighted by molar-refractivity contribution is 0.0738. The number of pyridine rings is 1. The number of rotatable bonds is 3. The number of amides is 1. The molecule has 1 aliphatic rings. The number of anilines is 1. The van der Waals surface area contributed by atoms with Crippen molar-refractivity contribution >= 4 is 17.2 Å². The number of fused-ring (bicyclic) bond motifs is 1. The minimum atomic E-state index is -0.0429. The molecule has 0 saturated carbocycles. The Bertz CT molecular complexity index is 884. The van der Waals surface area contributed by atoms with Crippen LogP contribution in [0, 0.1) is 0 Å². The SMILES string of the molecule is COc1ccc(N2CCN(C(=O)c3cnc4cccnn34)CC2)cn1. The Morgan fingerprint density at radius 3 is 2.64 bits per heavy atom. The summed E-state index contributed by atoms with van der Waals surface area (Å²) in [6.07, 6.45) is 5.04. The minimum Gasteiger partial charge on any atom is -0.481 e. The van der Waals surface area contributed by atoms with Crippen LogP contribution in [0.25, 0.3) is 5.65 Å². The van der Waals surface area contributed by atoms with Crippen LogP contribution in [0.3, 0.4) is 0 Å². The van der Waals surface area contributed by atoms with Crippen LogP contribution in [-0.2, 0) is 0 Å². The average Bonchev–Trinajstić information content (AvgIpc) is 3.12. The van der Waals surface area contributed by atoms with Crippen molar-refractivity contribution in [1.29, 1.82) is 0 Å². The van der Waals surface area contributed by atoms with Crippen LogP contribution in [0.1, 0.15) is 10.5 Å². The molecule has 8 heteroatoms. The molecule has 0 spiro atoms. The number of hydrogen-bond acceptors (Lipinski definition) is 6. The van der Waals surface area contributed by atoms with Crippen molar-refractivity contribution in [2.75, 3.05) is 38.2 Å². The van der Waals surface area contributed by atoms with E-state index in [-0.39, 0.29) is 5.91 Å². The average molecular weight is 338 g/mol. The molecule has 1 aliphatic heterocycles. The largest absolute Gasteiger partial charge is 0.481 e. The summed E-state index contributed by atoms with van der Waals surface area (Å²) < 4.78 is 6.67. The van der Waals surface area contributed by atoms with Crippen LogP contribution in [0.15, 0.2) is 42.9 Å². The van der Waals surface area contributed by atoms with Crippen molar-refractivity contribution in [2.45, 2.75) is 0 Å². The number of imidazole rings is 1. The summed E-state index contributed by atoms with van der Waals surface area (Å²) in [5.41, 5.74) is 2.20. The predicted molar refractivity (Wildman–Crippen MR) is 91.9 cm³/mol. The molecule has 4 heterocycles. The second kappa shape index (κ2) is 6.39. The van der Waals surface area contributed by atoms with Gasteiger partial charge in [-0.05, 0) is 18.2 Å². The zero-order valence-electron chi connectivity index (χ0n) is 13.9. The number of carbonyl (C=O) groups is 1. The molecule has 0 aromatic carbocycles. The van der Waals surface area contributed by atoms with E-state index in [1.54, 1.807) is 36.3 Å². The fourth-order valence-corrected chi connectivity index (χ4v) is 2.99. The van der Waals surface area contributed by atoms with E-state index in [0.29, 0.717) is 30.3 Å². The first-order chi connectivity index (χ1) is 12.3. The van der Waals surface area contributed by atoms with Crippen molar-refractivity contribution < 1.29 is 9.53 Å². The summed E-state index contributed by atoms with van der Waals surface area (Å²) in [5, 5.41) is 4.21. The van der Waals surface area contributed by atoms with Crippen LogP contribution < -0.4 is 9.64 Å². The van der Waals surface area contributed by atoms with Gasteiger partial charge in [-0.15, -0.1) is 0 Å². The van der Waals surface area contributed by atoms with Gasteiger partial charge in [0.2, 0.25) is 5.88 Å². The van der Waals surface area contributed by atoms with Crippen molar-refractivity contribution in [3.63, 3.8) is 0 Å². The number of carbonyl (C=O) groups excluding carboxylic acids is 1. The maximum atomic E-state index is 12.8. The lowest BCUT2D eigenvalue weighted by atomic mass is 10.2. The quantitative estimate of drug-likeness (QED) is 0.712. The molecule has 0 radical (unpaired) electrons. The molecule has 8 nitrogen and oxygen atoms in total. The van der Waals surface area contributed by atoms with Gasteiger partial charge >= 0.3 is 0 Å². The molecule has 1 amide bonds. The normalized spacial score (nSPS) is 14.8. The Balaban J connectivity index is 1.45. The molecule has 1 fully saturated rings. The fourth-order valence-electron chi connectivity index (χ4n) is 2.99. The van der Waals surface area contributed by atoms with E-state index in [2.05, 4.69) is 20.0 Å². The predicted octanol–water partition coefficient (Wildman–Crippen LogP) is 1.10. The molecule has 0 unspecified atom stereocenters. The first-order valence-corrected chi connectivity index (χ1v) is 8.09. The Morgan fingerprint density at radius 1 is 1.08 bits per heavy atom.